The molecule has 12 aliphatic rings. The van der Waals surface area contributed by atoms with E-state index in [4.69, 9.17) is 4.74 Å². The molecule has 2 saturated heterocycles. The van der Waals surface area contributed by atoms with Crippen molar-refractivity contribution in [1.82, 2.24) is 0 Å². The fraction of sp³-hybridized carbons (Fsp3) is 0.636. The second-order valence-corrected chi connectivity index (χ2v) is 28.8. The minimum absolute atomic E-state index is 0.0649. The molecule has 4 heterocycles. The zero-order valence-electron chi connectivity index (χ0n) is 45.2. The minimum atomic E-state index is 0.0649. The third-order valence-corrected chi connectivity index (χ3v) is 23.2. The van der Waals surface area contributed by atoms with Crippen molar-refractivity contribution in [2.75, 3.05) is 9.80 Å². The van der Waals surface area contributed by atoms with E-state index in [-0.39, 0.29) is 27.2 Å². The molecular formula is C66H85BN2O. The van der Waals surface area contributed by atoms with Gasteiger partial charge in [0.05, 0.1) is 11.8 Å². The highest BCUT2D eigenvalue weighted by Crippen LogP contribution is 2.70. The van der Waals surface area contributed by atoms with E-state index in [1.165, 1.54) is 112 Å². The van der Waals surface area contributed by atoms with E-state index < -0.39 is 0 Å². The molecule has 0 N–H and O–H groups in total. The summed E-state index contributed by atoms with van der Waals surface area (Å²) in [6.07, 6.45) is 35.3. The molecule has 3 saturated carbocycles. The van der Waals surface area contributed by atoms with Crippen LogP contribution < -0.4 is 20.7 Å². The van der Waals surface area contributed by atoms with Gasteiger partial charge in [0, 0.05) is 58.2 Å². The molecule has 4 heteroatoms. The van der Waals surface area contributed by atoms with Gasteiger partial charge in [0.25, 0.3) is 0 Å². The van der Waals surface area contributed by atoms with Gasteiger partial charge in [0.1, 0.15) is 6.10 Å². The molecule has 0 radical (unpaired) electrons. The Morgan fingerprint density at radius 1 is 0.814 bits per heavy atom. The van der Waals surface area contributed by atoms with Crippen LogP contribution in [0.15, 0.2) is 100 Å². The monoisotopic (exact) mass is 933 g/mol. The Kier molecular flexibility index (Phi) is 9.64. The zero-order valence-corrected chi connectivity index (χ0v) is 45.2. The number of benzene rings is 2. The van der Waals surface area contributed by atoms with Gasteiger partial charge in [0.2, 0.25) is 6.71 Å². The number of hydrogen-bond acceptors (Lipinski definition) is 3. The van der Waals surface area contributed by atoms with Crippen LogP contribution in [0.5, 0.6) is 0 Å². The Morgan fingerprint density at radius 3 is 2.43 bits per heavy atom. The van der Waals surface area contributed by atoms with Gasteiger partial charge in [0.15, 0.2) is 0 Å². The van der Waals surface area contributed by atoms with E-state index >= 15 is 0 Å². The zero-order chi connectivity index (χ0) is 48.2. The molecule has 14 rings (SSSR count). The van der Waals surface area contributed by atoms with Crippen molar-refractivity contribution in [1.29, 1.82) is 0 Å². The van der Waals surface area contributed by atoms with Crippen LogP contribution in [-0.4, -0.2) is 30.4 Å². The lowest BCUT2D eigenvalue weighted by molar-refractivity contribution is 0.0957. The normalized spacial score (nSPS) is 39.4. The largest absolute Gasteiger partial charge is 0.494 e. The van der Waals surface area contributed by atoms with Crippen molar-refractivity contribution in [2.24, 2.45) is 57.2 Å². The number of fused-ring (bicyclic) bond motifs is 14. The van der Waals surface area contributed by atoms with Gasteiger partial charge in [-0.2, -0.15) is 0 Å². The number of nitrogens with zero attached hydrogens (tertiary/aromatic N) is 2. The van der Waals surface area contributed by atoms with Crippen molar-refractivity contribution in [3.63, 3.8) is 0 Å². The second kappa shape index (κ2) is 15.0. The SMILES string of the molecule is Cc1cc2c3c(c1)N(C1CCC=C4OC5CCCCC5C41)c1cc(N4C5C=CC(C(C)(C)C)=CC5C5(C)CCCCC45C)ccc1B3C1CC(C(C)(C)C)CC3=C1C2CC1C3C2=CCCC=C2C1(C)C. The first kappa shape index (κ1) is 45.0. The summed E-state index contributed by atoms with van der Waals surface area (Å²) in [5.41, 5.74) is 20.7. The summed E-state index contributed by atoms with van der Waals surface area (Å²) in [6.45, 7) is 28.5. The molecule has 4 aliphatic heterocycles. The molecule has 13 unspecified atom stereocenters. The smallest absolute Gasteiger partial charge is 0.222 e. The molecular weight excluding hydrogens is 848 g/mol. The summed E-state index contributed by atoms with van der Waals surface area (Å²) >= 11 is 0. The second-order valence-electron chi connectivity index (χ2n) is 28.8. The van der Waals surface area contributed by atoms with Crippen LogP contribution in [0.4, 0.5) is 17.1 Å². The highest BCUT2D eigenvalue weighted by atomic mass is 16.5. The molecule has 2 aromatic carbocycles. The summed E-state index contributed by atoms with van der Waals surface area (Å²) in [6, 6.07) is 14.4. The first-order valence-electron chi connectivity index (χ1n) is 29.2. The average molecular weight is 933 g/mol. The molecule has 5 fully saturated rings. The van der Waals surface area contributed by atoms with Crippen LogP contribution in [0.1, 0.15) is 183 Å². The van der Waals surface area contributed by atoms with Crippen LogP contribution >= 0.6 is 0 Å². The average Bonchev–Trinajstić information content (AvgIpc) is 3.89. The lowest BCUT2D eigenvalue weighted by atomic mass is 9.24. The standard InChI is InChI=1S/C66H85BN2O/c1-38-31-45-44-37-49-58(42-19-12-14-21-47(42)64(49,8)9)46-33-40(63(5,6)7)35-51(59(44)46)67-50-27-26-41(69-52-28-25-39(62(2,3)4)34-48(52)65(10)29-16-17-30-66(65,69)11)36-54(50)68(55(32-38)61(45)67)53-22-18-24-57-60(53)43-20-13-15-23-56(43)70-57/h19,21,24-28,31-32,34,36,40,43-44,48-49,51-53,56,58,60H,12-18,20,22-23,29-30,33,35,37H2,1-11H3. The molecule has 70 heavy (non-hydrogen) atoms. The highest BCUT2D eigenvalue weighted by Gasteiger charge is 2.65. The molecule has 13 atom stereocenters. The minimum Gasteiger partial charge on any atom is -0.494 e. The Morgan fingerprint density at radius 2 is 1.61 bits per heavy atom. The number of hydrogen-bond donors (Lipinski definition) is 0. The quantitative estimate of drug-likeness (QED) is 0.220. The third kappa shape index (κ3) is 5.95. The number of rotatable bonds is 2. The van der Waals surface area contributed by atoms with E-state index in [0.29, 0.717) is 72.1 Å². The van der Waals surface area contributed by atoms with E-state index in [9.17, 15) is 0 Å². The van der Waals surface area contributed by atoms with Crippen molar-refractivity contribution < 1.29 is 4.74 Å². The van der Waals surface area contributed by atoms with Crippen LogP contribution in [0, 0.1) is 64.1 Å². The predicted octanol–water partition coefficient (Wildman–Crippen LogP) is 15.5. The summed E-state index contributed by atoms with van der Waals surface area (Å²) in [5, 5.41) is 0. The maximum absolute atomic E-state index is 7.11. The topological polar surface area (TPSA) is 15.7 Å². The molecule has 0 spiro atoms. The lowest BCUT2D eigenvalue weighted by Crippen LogP contribution is -2.62. The molecule has 0 bridgehead atoms. The van der Waals surface area contributed by atoms with Crippen LogP contribution in [-0.2, 0) is 4.74 Å². The van der Waals surface area contributed by atoms with Crippen molar-refractivity contribution in [3.05, 3.63) is 112 Å². The number of allylic oxidation sites excluding steroid dienone is 9. The summed E-state index contributed by atoms with van der Waals surface area (Å²) in [5.74, 6) is 5.83. The molecule has 3 nitrogen and oxygen atoms in total. The highest BCUT2D eigenvalue weighted by molar-refractivity contribution is 6.90. The van der Waals surface area contributed by atoms with E-state index in [0.717, 1.165) is 6.42 Å². The van der Waals surface area contributed by atoms with Crippen LogP contribution in [0.25, 0.3) is 0 Å². The van der Waals surface area contributed by atoms with E-state index in [1.807, 2.05) is 11.1 Å². The maximum atomic E-state index is 7.11. The van der Waals surface area contributed by atoms with Crippen LogP contribution in [0.3, 0.4) is 0 Å². The molecule has 8 aliphatic carbocycles. The van der Waals surface area contributed by atoms with Gasteiger partial charge < -0.3 is 14.5 Å². The molecule has 0 amide bonds. The van der Waals surface area contributed by atoms with Gasteiger partial charge in [-0.1, -0.05) is 141 Å². The molecule has 2 aromatic rings. The van der Waals surface area contributed by atoms with Crippen molar-refractivity contribution in [3.8, 4) is 0 Å². The number of anilines is 3. The van der Waals surface area contributed by atoms with Gasteiger partial charge in [-0.05, 0) is 188 Å². The maximum Gasteiger partial charge on any atom is 0.222 e. The lowest BCUT2D eigenvalue weighted by Gasteiger charge is -2.56. The Hall–Kier alpha value is -3.66. The summed E-state index contributed by atoms with van der Waals surface area (Å²) in [4.78, 5) is 6.07. The van der Waals surface area contributed by atoms with Gasteiger partial charge >= 0.3 is 0 Å². The van der Waals surface area contributed by atoms with Gasteiger partial charge in [-0.15, -0.1) is 0 Å². The summed E-state index contributed by atoms with van der Waals surface area (Å²) < 4.78 is 7.11. The third-order valence-electron chi connectivity index (χ3n) is 23.2. The number of aryl methyl sites for hydroxylation is 1. The van der Waals surface area contributed by atoms with E-state index in [1.54, 1.807) is 39.0 Å². The van der Waals surface area contributed by atoms with Crippen molar-refractivity contribution >= 4 is 34.7 Å². The fourth-order valence-corrected chi connectivity index (χ4v) is 19.6. The Bertz CT molecular complexity index is 2780. The summed E-state index contributed by atoms with van der Waals surface area (Å²) in [7, 11) is 0. The Labute approximate surface area is 423 Å². The van der Waals surface area contributed by atoms with Crippen LogP contribution in [0.2, 0.25) is 5.82 Å². The Balaban J connectivity index is 1.00. The van der Waals surface area contributed by atoms with Gasteiger partial charge in [-0.3, -0.25) is 0 Å². The van der Waals surface area contributed by atoms with Crippen molar-refractivity contribution in [2.45, 2.75) is 208 Å². The van der Waals surface area contributed by atoms with Gasteiger partial charge in [-0.25, -0.2) is 0 Å². The molecule has 368 valence electrons. The first-order valence-corrected chi connectivity index (χ1v) is 29.2. The predicted molar refractivity (Wildman–Crippen MR) is 294 cm³/mol. The number of ether oxygens (including phenoxy) is 1. The van der Waals surface area contributed by atoms with E-state index in [2.05, 4.69) is 153 Å². The molecule has 0 aromatic heterocycles. The fourth-order valence-electron chi connectivity index (χ4n) is 19.6. The first-order chi connectivity index (χ1) is 33.4.